The van der Waals surface area contributed by atoms with E-state index in [0.717, 1.165) is 59.0 Å². The Balaban J connectivity index is 2.24. The van der Waals surface area contributed by atoms with Crippen molar-refractivity contribution < 1.29 is 9.59 Å². The van der Waals surface area contributed by atoms with Crippen molar-refractivity contribution in [1.29, 1.82) is 0 Å². The van der Waals surface area contributed by atoms with Crippen molar-refractivity contribution in [1.82, 2.24) is 5.32 Å². The molecule has 2 aromatic carbocycles. The van der Waals surface area contributed by atoms with Crippen LogP contribution in [0.1, 0.15) is 74.9 Å². The van der Waals surface area contributed by atoms with E-state index in [1.807, 2.05) is 24.3 Å². The number of carbonyl (C=O) groups is 2. The van der Waals surface area contributed by atoms with Gasteiger partial charge in [-0.1, -0.05) is 60.8 Å². The van der Waals surface area contributed by atoms with Gasteiger partial charge in [0.05, 0.1) is 11.5 Å². The van der Waals surface area contributed by atoms with Crippen LogP contribution in [-0.4, -0.2) is 24.2 Å². The van der Waals surface area contributed by atoms with Gasteiger partial charge in [0.15, 0.2) is 5.78 Å². The zero-order valence-electron chi connectivity index (χ0n) is 18.9. The van der Waals surface area contributed by atoms with E-state index < -0.39 is 11.5 Å². The Labute approximate surface area is 194 Å². The Bertz CT molecular complexity index is 987. The maximum atomic E-state index is 13.0. The van der Waals surface area contributed by atoms with Gasteiger partial charge in [0.1, 0.15) is 5.78 Å². The second-order valence-electron chi connectivity index (χ2n) is 8.63. The molecule has 0 spiro atoms. The summed E-state index contributed by atoms with van der Waals surface area (Å²) in [7, 11) is 0. The lowest BCUT2D eigenvalue weighted by molar-refractivity contribution is -0.118. The normalized spacial score (nSPS) is 18.9. The minimum absolute atomic E-state index is 0.118. The van der Waals surface area contributed by atoms with Crippen LogP contribution in [0.3, 0.4) is 0 Å². The average Bonchev–Trinajstić information content (AvgIpc) is 3.02. The Morgan fingerprint density at radius 1 is 1.06 bits per heavy atom. The molecule has 3 N–H and O–H groups in total. The number of fused-ring (bicyclic) bond motifs is 3. The fourth-order valence-electron chi connectivity index (χ4n) is 4.63. The van der Waals surface area contributed by atoms with Crippen molar-refractivity contribution in [3.8, 4) is 11.1 Å². The third-order valence-electron chi connectivity index (χ3n) is 6.52. The summed E-state index contributed by atoms with van der Waals surface area (Å²) in [5.74, 6) is -0.908. The molecule has 0 amide bonds. The molecular formula is C26H33BrN2O2. The van der Waals surface area contributed by atoms with Gasteiger partial charge in [-0.05, 0) is 73.7 Å². The van der Waals surface area contributed by atoms with E-state index in [0.29, 0.717) is 5.56 Å². The molecule has 2 aromatic rings. The molecule has 0 fully saturated rings. The van der Waals surface area contributed by atoms with Crippen LogP contribution in [-0.2, 0) is 10.3 Å². The number of nitrogens with two attached hydrogens (primary N) is 1. The molecule has 31 heavy (non-hydrogen) atoms. The first kappa shape index (κ1) is 23.8. The largest absolute Gasteiger partial charge is 0.326 e. The molecule has 3 rings (SSSR count). The first-order valence-corrected chi connectivity index (χ1v) is 12.1. The molecule has 3 atom stereocenters. The van der Waals surface area contributed by atoms with Gasteiger partial charge in [-0.2, -0.15) is 0 Å². The predicted octanol–water partition coefficient (Wildman–Crippen LogP) is 5.60. The monoisotopic (exact) mass is 484 g/mol. The molecule has 166 valence electrons. The van der Waals surface area contributed by atoms with Crippen LogP contribution in [0.15, 0.2) is 40.9 Å². The highest BCUT2D eigenvalue weighted by Crippen LogP contribution is 2.50. The predicted molar refractivity (Wildman–Crippen MR) is 130 cm³/mol. The van der Waals surface area contributed by atoms with E-state index in [2.05, 4.69) is 47.2 Å². The van der Waals surface area contributed by atoms with Crippen molar-refractivity contribution in [3.05, 3.63) is 57.6 Å². The van der Waals surface area contributed by atoms with Crippen LogP contribution < -0.4 is 11.1 Å². The van der Waals surface area contributed by atoms with Gasteiger partial charge in [-0.25, -0.2) is 0 Å². The molecular weight excluding hydrogens is 452 g/mol. The SMILES string of the molecule is CCCCNC1(C(N)CCC)c2cc(Br)ccc2-c2ccc(C(=O)C(C)C(C)=O)cc21. The van der Waals surface area contributed by atoms with Gasteiger partial charge >= 0.3 is 0 Å². The van der Waals surface area contributed by atoms with E-state index in [9.17, 15) is 9.59 Å². The highest BCUT2D eigenvalue weighted by molar-refractivity contribution is 9.10. The number of ketones is 2. The third-order valence-corrected chi connectivity index (χ3v) is 7.01. The quantitative estimate of drug-likeness (QED) is 0.261. The third kappa shape index (κ3) is 4.28. The molecule has 5 heteroatoms. The molecule has 0 bridgehead atoms. The standard InChI is InChI=1S/C26H33BrN2O2/c1-5-7-13-29-26(24(28)8-6-2)22-14-18(25(31)16(3)17(4)30)9-11-20(22)21-12-10-19(27)15-23(21)26/h9-12,14-16,24,29H,5-8,13,28H2,1-4H3. The maximum absolute atomic E-state index is 13.0. The summed E-state index contributed by atoms with van der Waals surface area (Å²) in [4.78, 5) is 24.8. The first-order valence-electron chi connectivity index (χ1n) is 11.3. The van der Waals surface area contributed by atoms with Gasteiger partial charge in [0, 0.05) is 16.1 Å². The van der Waals surface area contributed by atoms with E-state index in [1.165, 1.54) is 6.92 Å². The number of nitrogens with one attached hydrogen (secondary N) is 1. The van der Waals surface area contributed by atoms with Crippen molar-refractivity contribution in [2.45, 2.75) is 65.0 Å². The summed E-state index contributed by atoms with van der Waals surface area (Å²) in [5, 5.41) is 3.81. The smallest absolute Gasteiger partial charge is 0.173 e. The lowest BCUT2D eigenvalue weighted by atomic mass is 9.78. The van der Waals surface area contributed by atoms with Gasteiger partial charge < -0.3 is 11.1 Å². The average molecular weight is 485 g/mol. The summed E-state index contributed by atoms with van der Waals surface area (Å²) >= 11 is 3.64. The number of halogens is 1. The zero-order chi connectivity index (χ0) is 22.8. The number of benzene rings is 2. The van der Waals surface area contributed by atoms with Crippen LogP contribution in [0.4, 0.5) is 0 Å². The molecule has 1 aliphatic carbocycles. The fraction of sp³-hybridized carbons (Fsp3) is 0.462. The maximum Gasteiger partial charge on any atom is 0.173 e. The van der Waals surface area contributed by atoms with E-state index >= 15 is 0 Å². The van der Waals surface area contributed by atoms with Crippen LogP contribution in [0.5, 0.6) is 0 Å². The topological polar surface area (TPSA) is 72.2 Å². The molecule has 4 nitrogen and oxygen atoms in total. The lowest BCUT2D eigenvalue weighted by Crippen LogP contribution is -2.55. The molecule has 0 aromatic heterocycles. The minimum atomic E-state index is -0.650. The number of hydrogen-bond acceptors (Lipinski definition) is 4. The number of unbranched alkanes of at least 4 members (excludes halogenated alkanes) is 1. The number of hydrogen-bond donors (Lipinski definition) is 2. The summed E-state index contributed by atoms with van der Waals surface area (Å²) in [6.07, 6.45) is 3.95. The summed E-state index contributed by atoms with van der Waals surface area (Å²) < 4.78 is 1.01. The van der Waals surface area contributed by atoms with E-state index in [-0.39, 0.29) is 17.6 Å². The van der Waals surface area contributed by atoms with Gasteiger partial charge in [-0.15, -0.1) is 0 Å². The van der Waals surface area contributed by atoms with Crippen LogP contribution in [0.25, 0.3) is 11.1 Å². The lowest BCUT2D eigenvalue weighted by Gasteiger charge is -2.39. The van der Waals surface area contributed by atoms with Crippen LogP contribution >= 0.6 is 15.9 Å². The highest BCUT2D eigenvalue weighted by Gasteiger charge is 2.47. The molecule has 0 heterocycles. The van der Waals surface area contributed by atoms with Crippen molar-refractivity contribution >= 4 is 27.5 Å². The second-order valence-corrected chi connectivity index (χ2v) is 9.55. The molecule has 3 unspecified atom stereocenters. The highest BCUT2D eigenvalue weighted by atomic mass is 79.9. The Morgan fingerprint density at radius 3 is 2.32 bits per heavy atom. The van der Waals surface area contributed by atoms with Gasteiger partial charge in [0.25, 0.3) is 0 Å². The molecule has 0 saturated heterocycles. The Kier molecular flexibility index (Phi) is 7.51. The first-order chi connectivity index (χ1) is 14.8. The van der Waals surface area contributed by atoms with Crippen molar-refractivity contribution in [2.24, 2.45) is 11.7 Å². The van der Waals surface area contributed by atoms with Crippen molar-refractivity contribution in [3.63, 3.8) is 0 Å². The number of rotatable bonds is 10. The molecule has 1 aliphatic rings. The Morgan fingerprint density at radius 2 is 1.71 bits per heavy atom. The zero-order valence-corrected chi connectivity index (χ0v) is 20.5. The van der Waals surface area contributed by atoms with Crippen molar-refractivity contribution in [2.75, 3.05) is 6.54 Å². The van der Waals surface area contributed by atoms with Gasteiger partial charge in [0.2, 0.25) is 0 Å². The second kappa shape index (κ2) is 9.76. The Hall–Kier alpha value is -1.82. The molecule has 0 aliphatic heterocycles. The summed E-state index contributed by atoms with van der Waals surface area (Å²) in [6, 6.07) is 12.0. The number of carbonyl (C=O) groups excluding carboxylic acids is 2. The fourth-order valence-corrected chi connectivity index (χ4v) is 4.99. The molecule has 0 saturated carbocycles. The van der Waals surface area contributed by atoms with Crippen LogP contribution in [0, 0.1) is 5.92 Å². The van der Waals surface area contributed by atoms with Crippen LogP contribution in [0.2, 0.25) is 0 Å². The van der Waals surface area contributed by atoms with E-state index in [1.54, 1.807) is 6.92 Å². The summed E-state index contributed by atoms with van der Waals surface area (Å²) in [5.41, 5.74) is 11.3. The molecule has 0 radical (unpaired) electrons. The van der Waals surface area contributed by atoms with Gasteiger partial charge in [-0.3, -0.25) is 9.59 Å². The van der Waals surface area contributed by atoms with E-state index in [4.69, 9.17) is 5.73 Å². The number of Topliss-reactive ketones (excluding diaryl/α,β-unsaturated/α-hetero) is 2. The summed E-state index contributed by atoms with van der Waals surface area (Å²) in [6.45, 7) is 8.30. The minimum Gasteiger partial charge on any atom is -0.326 e.